The van der Waals surface area contributed by atoms with Gasteiger partial charge in [0, 0.05) is 13.0 Å². The Bertz CT molecular complexity index is 516. The largest absolute Gasteiger partial charge is 0.481 e. The van der Waals surface area contributed by atoms with Crippen LogP contribution in [0.3, 0.4) is 0 Å². The summed E-state index contributed by atoms with van der Waals surface area (Å²) in [5.74, 6) is -1.43. The van der Waals surface area contributed by atoms with Crippen molar-refractivity contribution < 1.29 is 24.2 Å². The van der Waals surface area contributed by atoms with Crippen LogP contribution in [0.4, 0.5) is 10.5 Å². The third kappa shape index (κ3) is 5.94. The number of nitrogens with one attached hydrogen (secondary N) is 2. The molecule has 0 spiro atoms. The monoisotopic (exact) mass is 294 g/mol. The van der Waals surface area contributed by atoms with Crippen molar-refractivity contribution >= 4 is 23.7 Å². The number of carboxylic acid groups (broad SMARTS) is 1. The maximum Gasteiger partial charge on any atom is 0.340 e. The highest BCUT2D eigenvalue weighted by Gasteiger charge is 2.13. The third-order valence-electron chi connectivity index (χ3n) is 2.52. The third-order valence-corrected chi connectivity index (χ3v) is 2.52. The van der Waals surface area contributed by atoms with Gasteiger partial charge in [-0.1, -0.05) is 12.1 Å². The van der Waals surface area contributed by atoms with Gasteiger partial charge >= 0.3 is 18.0 Å². The first kappa shape index (κ1) is 16.5. The molecule has 0 saturated carbocycles. The van der Waals surface area contributed by atoms with Crippen LogP contribution in [0.25, 0.3) is 0 Å². The highest BCUT2D eigenvalue weighted by Crippen LogP contribution is 2.16. The van der Waals surface area contributed by atoms with E-state index in [1.807, 2.05) is 0 Å². The van der Waals surface area contributed by atoms with Gasteiger partial charge in [0.25, 0.3) is 0 Å². The Balaban J connectivity index is 2.56. The quantitative estimate of drug-likeness (QED) is 0.526. The van der Waals surface area contributed by atoms with Crippen molar-refractivity contribution in [3.63, 3.8) is 0 Å². The summed E-state index contributed by atoms with van der Waals surface area (Å²) >= 11 is 0. The van der Waals surface area contributed by atoms with Gasteiger partial charge < -0.3 is 20.5 Å². The van der Waals surface area contributed by atoms with Crippen molar-refractivity contribution in [2.75, 3.05) is 18.5 Å². The maximum absolute atomic E-state index is 11.7. The summed E-state index contributed by atoms with van der Waals surface area (Å²) in [6.07, 6.45) is 0.321. The van der Waals surface area contributed by atoms with Crippen molar-refractivity contribution in [2.24, 2.45) is 0 Å². The Kier molecular flexibility index (Phi) is 6.73. The van der Waals surface area contributed by atoms with E-state index in [-0.39, 0.29) is 25.1 Å². The molecule has 114 valence electrons. The van der Waals surface area contributed by atoms with Crippen molar-refractivity contribution in [1.82, 2.24) is 5.32 Å². The topological polar surface area (TPSA) is 105 Å². The Morgan fingerprint density at radius 3 is 2.62 bits per heavy atom. The zero-order valence-corrected chi connectivity index (χ0v) is 11.7. The van der Waals surface area contributed by atoms with Crippen LogP contribution in [0.1, 0.15) is 30.1 Å². The highest BCUT2D eigenvalue weighted by atomic mass is 16.5. The fourth-order valence-corrected chi connectivity index (χ4v) is 1.59. The van der Waals surface area contributed by atoms with E-state index >= 15 is 0 Å². The number of rotatable bonds is 7. The van der Waals surface area contributed by atoms with Gasteiger partial charge in [0.1, 0.15) is 0 Å². The van der Waals surface area contributed by atoms with Gasteiger partial charge in [-0.3, -0.25) is 4.79 Å². The molecule has 0 unspecified atom stereocenters. The second-order valence-corrected chi connectivity index (χ2v) is 4.14. The molecule has 1 rings (SSSR count). The predicted molar refractivity (Wildman–Crippen MR) is 76.3 cm³/mol. The highest BCUT2D eigenvalue weighted by molar-refractivity contribution is 6.00. The summed E-state index contributed by atoms with van der Waals surface area (Å²) < 4.78 is 4.90. The van der Waals surface area contributed by atoms with E-state index in [1.165, 1.54) is 0 Å². The van der Waals surface area contributed by atoms with Crippen molar-refractivity contribution in [1.29, 1.82) is 0 Å². The van der Waals surface area contributed by atoms with Crippen LogP contribution in [0.15, 0.2) is 24.3 Å². The summed E-state index contributed by atoms with van der Waals surface area (Å²) in [4.78, 5) is 33.7. The maximum atomic E-state index is 11.7. The van der Waals surface area contributed by atoms with Crippen LogP contribution in [-0.4, -0.2) is 36.2 Å². The number of amides is 2. The predicted octanol–water partition coefficient (Wildman–Crippen LogP) is 1.85. The van der Waals surface area contributed by atoms with Gasteiger partial charge in [-0.2, -0.15) is 0 Å². The number of carbonyl (C=O) groups excluding carboxylic acids is 2. The van der Waals surface area contributed by atoms with Crippen molar-refractivity contribution in [3.05, 3.63) is 29.8 Å². The minimum Gasteiger partial charge on any atom is -0.481 e. The van der Waals surface area contributed by atoms with Gasteiger partial charge in [0.2, 0.25) is 0 Å². The Morgan fingerprint density at radius 1 is 1.24 bits per heavy atom. The number of para-hydroxylation sites is 1. The second kappa shape index (κ2) is 8.57. The number of hydrogen-bond donors (Lipinski definition) is 3. The van der Waals surface area contributed by atoms with E-state index < -0.39 is 18.0 Å². The lowest BCUT2D eigenvalue weighted by Gasteiger charge is -2.11. The lowest BCUT2D eigenvalue weighted by molar-refractivity contribution is -0.137. The van der Waals surface area contributed by atoms with E-state index in [0.717, 1.165) is 0 Å². The number of ether oxygens (including phenoxy) is 1. The van der Waals surface area contributed by atoms with Gasteiger partial charge in [0.15, 0.2) is 0 Å². The van der Waals surface area contributed by atoms with Crippen LogP contribution < -0.4 is 10.6 Å². The van der Waals surface area contributed by atoms with E-state index in [2.05, 4.69) is 10.6 Å². The second-order valence-electron chi connectivity index (χ2n) is 4.14. The summed E-state index contributed by atoms with van der Waals surface area (Å²) in [6, 6.07) is 5.99. The molecule has 0 aliphatic heterocycles. The minimum atomic E-state index is -0.912. The first-order valence-electron chi connectivity index (χ1n) is 6.57. The first-order valence-corrected chi connectivity index (χ1v) is 6.57. The van der Waals surface area contributed by atoms with Crippen LogP contribution in [0.5, 0.6) is 0 Å². The van der Waals surface area contributed by atoms with Gasteiger partial charge in [-0.15, -0.1) is 0 Å². The molecule has 2 amide bonds. The fourth-order valence-electron chi connectivity index (χ4n) is 1.59. The van der Waals surface area contributed by atoms with E-state index in [4.69, 9.17) is 9.84 Å². The number of esters is 1. The van der Waals surface area contributed by atoms with Gasteiger partial charge in [-0.05, 0) is 25.5 Å². The summed E-state index contributed by atoms with van der Waals surface area (Å²) in [6.45, 7) is 2.18. The number of carboxylic acids is 1. The van der Waals surface area contributed by atoms with Crippen LogP contribution in [-0.2, 0) is 9.53 Å². The Morgan fingerprint density at radius 2 is 1.95 bits per heavy atom. The average Bonchev–Trinajstić information content (AvgIpc) is 2.44. The van der Waals surface area contributed by atoms with E-state index in [0.29, 0.717) is 12.1 Å². The van der Waals surface area contributed by atoms with Crippen LogP contribution >= 0.6 is 0 Å². The molecular formula is C14H18N2O5. The zero-order valence-electron chi connectivity index (χ0n) is 11.7. The van der Waals surface area contributed by atoms with Gasteiger partial charge in [-0.25, -0.2) is 9.59 Å². The molecule has 0 bridgehead atoms. The molecule has 0 radical (unpaired) electrons. The molecule has 0 atom stereocenters. The molecule has 7 heteroatoms. The van der Waals surface area contributed by atoms with E-state index in [9.17, 15) is 14.4 Å². The fraction of sp³-hybridized carbons (Fsp3) is 0.357. The molecule has 21 heavy (non-hydrogen) atoms. The Hall–Kier alpha value is -2.57. The molecule has 0 aromatic heterocycles. The van der Waals surface area contributed by atoms with E-state index in [1.54, 1.807) is 31.2 Å². The molecular weight excluding hydrogens is 276 g/mol. The summed E-state index contributed by atoms with van der Waals surface area (Å²) in [5, 5.41) is 13.5. The zero-order chi connectivity index (χ0) is 15.7. The van der Waals surface area contributed by atoms with Crippen molar-refractivity contribution in [3.8, 4) is 0 Å². The normalized spacial score (nSPS) is 9.76. The van der Waals surface area contributed by atoms with Crippen LogP contribution in [0, 0.1) is 0 Å². The number of urea groups is 1. The number of aliphatic carboxylic acids is 1. The van der Waals surface area contributed by atoms with Crippen molar-refractivity contribution in [2.45, 2.75) is 19.8 Å². The Labute approximate surface area is 122 Å². The number of anilines is 1. The number of benzene rings is 1. The summed E-state index contributed by atoms with van der Waals surface area (Å²) in [7, 11) is 0. The lowest BCUT2D eigenvalue weighted by atomic mass is 10.2. The molecule has 1 aromatic rings. The van der Waals surface area contributed by atoms with Gasteiger partial charge in [0.05, 0.1) is 17.9 Å². The lowest BCUT2D eigenvalue weighted by Crippen LogP contribution is -2.30. The smallest absolute Gasteiger partial charge is 0.340 e. The molecule has 0 fully saturated rings. The number of hydrogen-bond acceptors (Lipinski definition) is 4. The molecule has 0 aliphatic carbocycles. The average molecular weight is 294 g/mol. The molecule has 1 aromatic carbocycles. The summed E-state index contributed by atoms with van der Waals surface area (Å²) in [5.41, 5.74) is 0.603. The van der Waals surface area contributed by atoms with Crippen LogP contribution in [0.2, 0.25) is 0 Å². The minimum absolute atomic E-state index is 0.0142. The number of carbonyl (C=O) groups is 3. The first-order chi connectivity index (χ1) is 10.0. The SMILES string of the molecule is CCOC(=O)c1ccccc1NC(=O)NCCCC(=O)O. The molecule has 0 heterocycles. The molecule has 0 aliphatic rings. The standard InChI is InChI=1S/C14H18N2O5/c1-2-21-13(19)10-6-3-4-7-11(10)16-14(20)15-9-5-8-12(17)18/h3-4,6-7H,2,5,8-9H2,1H3,(H,17,18)(H2,15,16,20). The molecule has 7 nitrogen and oxygen atoms in total. The molecule has 0 saturated heterocycles. The molecule has 3 N–H and O–H groups in total.